The zero-order valence-electron chi connectivity index (χ0n) is 9.41. The molecule has 2 aromatic carbocycles. The van der Waals surface area contributed by atoms with E-state index >= 15 is 0 Å². The molecular weight excluding hydrogens is 300 g/mol. The van der Waals surface area contributed by atoms with Gasteiger partial charge in [-0.25, -0.2) is 0 Å². The Hall–Kier alpha value is -0.990. The van der Waals surface area contributed by atoms with Crippen LogP contribution in [0.3, 0.4) is 0 Å². The van der Waals surface area contributed by atoms with Gasteiger partial charge in [0.15, 0.2) is 0 Å². The Bertz CT molecular complexity index is 508. The van der Waals surface area contributed by atoms with Crippen molar-refractivity contribution in [2.75, 3.05) is 0 Å². The molecule has 0 heterocycles. The lowest BCUT2D eigenvalue weighted by Crippen LogP contribution is -1.88. The van der Waals surface area contributed by atoms with Gasteiger partial charge >= 0.3 is 0 Å². The highest BCUT2D eigenvalue weighted by Gasteiger charge is 2.01. The molecule has 88 valence electrons. The lowest BCUT2D eigenvalue weighted by molar-refractivity contribution is 0.482. The molecule has 1 nitrogen and oxygen atoms in total. The quantitative estimate of drug-likeness (QED) is 0.696. The third-order valence-corrected chi connectivity index (χ3v) is 3.36. The Morgan fingerprint density at radius 3 is 2.29 bits per heavy atom. The van der Waals surface area contributed by atoms with Gasteiger partial charge in [-0.2, -0.15) is 0 Å². The van der Waals surface area contributed by atoms with E-state index in [0.717, 1.165) is 16.8 Å². The Labute approximate surface area is 115 Å². The van der Waals surface area contributed by atoms with Gasteiger partial charge < -0.3 is 4.74 Å². The first-order chi connectivity index (χ1) is 8.19. The third-order valence-electron chi connectivity index (χ3n) is 2.51. The number of benzene rings is 2. The molecule has 0 unspecified atom stereocenters. The van der Waals surface area contributed by atoms with Crippen LogP contribution in [0.1, 0.15) is 11.1 Å². The third kappa shape index (κ3) is 3.24. The molecule has 0 N–H and O–H groups in total. The smallest absolute Gasteiger partial charge is 0.127 e. The van der Waals surface area contributed by atoms with Crippen molar-refractivity contribution < 1.29 is 4.74 Å². The van der Waals surface area contributed by atoms with Crippen molar-refractivity contribution in [3.05, 3.63) is 58.6 Å². The number of alkyl halides is 1. The Balaban J connectivity index is 2.19. The largest absolute Gasteiger partial charge is 0.457 e. The lowest BCUT2D eigenvalue weighted by Gasteiger charge is -2.08. The van der Waals surface area contributed by atoms with E-state index in [1.807, 2.05) is 36.4 Å². The molecule has 0 bridgehead atoms. The van der Waals surface area contributed by atoms with Crippen LogP contribution in [0, 0.1) is 6.92 Å². The highest BCUT2D eigenvalue weighted by Crippen LogP contribution is 2.25. The average molecular weight is 312 g/mol. The Morgan fingerprint density at radius 1 is 1.06 bits per heavy atom. The van der Waals surface area contributed by atoms with Crippen LogP contribution in [0.2, 0.25) is 5.02 Å². The van der Waals surface area contributed by atoms with Crippen LogP contribution in [0.4, 0.5) is 0 Å². The van der Waals surface area contributed by atoms with Gasteiger partial charge in [0.1, 0.15) is 11.5 Å². The van der Waals surface area contributed by atoms with E-state index < -0.39 is 0 Å². The van der Waals surface area contributed by atoms with Gasteiger partial charge in [0, 0.05) is 10.4 Å². The van der Waals surface area contributed by atoms with Gasteiger partial charge in [0.25, 0.3) is 0 Å². The van der Waals surface area contributed by atoms with Gasteiger partial charge in [-0.15, -0.1) is 0 Å². The summed E-state index contributed by atoms with van der Waals surface area (Å²) in [5.74, 6) is 1.63. The van der Waals surface area contributed by atoms with Crippen LogP contribution in [0.15, 0.2) is 42.5 Å². The van der Waals surface area contributed by atoms with Crippen molar-refractivity contribution in [1.29, 1.82) is 0 Å². The van der Waals surface area contributed by atoms with Crippen molar-refractivity contribution in [3.8, 4) is 11.5 Å². The maximum absolute atomic E-state index is 5.82. The summed E-state index contributed by atoms with van der Waals surface area (Å²) in [4.78, 5) is 0. The van der Waals surface area contributed by atoms with E-state index in [-0.39, 0.29) is 0 Å². The minimum atomic E-state index is 0.711. The normalized spacial score (nSPS) is 10.3. The van der Waals surface area contributed by atoms with Gasteiger partial charge in [0.05, 0.1) is 0 Å². The molecule has 0 fully saturated rings. The summed E-state index contributed by atoms with van der Waals surface area (Å²) in [6, 6.07) is 13.4. The Morgan fingerprint density at radius 2 is 1.71 bits per heavy atom. The highest BCUT2D eigenvalue weighted by atomic mass is 79.9. The molecule has 0 saturated heterocycles. The lowest BCUT2D eigenvalue weighted by atomic mass is 10.1. The van der Waals surface area contributed by atoms with Gasteiger partial charge in [-0.1, -0.05) is 33.6 Å². The minimum Gasteiger partial charge on any atom is -0.457 e. The van der Waals surface area contributed by atoms with Crippen molar-refractivity contribution in [2.45, 2.75) is 12.3 Å². The topological polar surface area (TPSA) is 9.23 Å². The minimum absolute atomic E-state index is 0.711. The summed E-state index contributed by atoms with van der Waals surface area (Å²) in [6.07, 6.45) is 0. The molecule has 2 rings (SSSR count). The average Bonchev–Trinajstić information content (AvgIpc) is 2.32. The number of hydrogen-bond acceptors (Lipinski definition) is 1. The van der Waals surface area contributed by atoms with Crippen molar-refractivity contribution >= 4 is 27.5 Å². The van der Waals surface area contributed by atoms with Crippen molar-refractivity contribution in [1.82, 2.24) is 0 Å². The second-order valence-electron chi connectivity index (χ2n) is 3.78. The van der Waals surface area contributed by atoms with E-state index in [1.165, 1.54) is 11.1 Å². The zero-order valence-corrected chi connectivity index (χ0v) is 11.8. The fourth-order valence-corrected chi connectivity index (χ4v) is 2.28. The molecule has 0 amide bonds. The first-order valence-corrected chi connectivity index (χ1v) is 6.78. The maximum Gasteiger partial charge on any atom is 0.127 e. The summed E-state index contributed by atoms with van der Waals surface area (Å²) in [7, 11) is 0. The number of halogens is 2. The predicted molar refractivity (Wildman–Crippen MR) is 75.3 cm³/mol. The van der Waals surface area contributed by atoms with Crippen LogP contribution < -0.4 is 4.74 Å². The van der Waals surface area contributed by atoms with Crippen LogP contribution in [-0.2, 0) is 5.33 Å². The number of hydrogen-bond donors (Lipinski definition) is 0. The highest BCUT2D eigenvalue weighted by molar-refractivity contribution is 9.08. The molecule has 0 aliphatic carbocycles. The number of aryl methyl sites for hydroxylation is 1. The molecule has 2 aromatic rings. The van der Waals surface area contributed by atoms with Crippen LogP contribution in [-0.4, -0.2) is 0 Å². The molecule has 3 heteroatoms. The van der Waals surface area contributed by atoms with Crippen LogP contribution >= 0.6 is 27.5 Å². The fourth-order valence-electron chi connectivity index (χ4n) is 1.52. The molecule has 0 aliphatic rings. The van der Waals surface area contributed by atoms with E-state index in [1.54, 1.807) is 0 Å². The first kappa shape index (κ1) is 12.5. The summed E-state index contributed by atoms with van der Waals surface area (Å²) in [5.41, 5.74) is 2.49. The summed E-state index contributed by atoms with van der Waals surface area (Å²) < 4.78 is 5.74. The molecule has 0 spiro atoms. The van der Waals surface area contributed by atoms with E-state index in [4.69, 9.17) is 16.3 Å². The monoisotopic (exact) mass is 310 g/mol. The first-order valence-electron chi connectivity index (χ1n) is 5.28. The maximum atomic E-state index is 5.82. The molecule has 0 saturated carbocycles. The summed E-state index contributed by atoms with van der Waals surface area (Å²) in [6.45, 7) is 2.07. The van der Waals surface area contributed by atoms with Crippen molar-refractivity contribution in [3.63, 3.8) is 0 Å². The van der Waals surface area contributed by atoms with Crippen LogP contribution in [0.25, 0.3) is 0 Å². The van der Waals surface area contributed by atoms with E-state index in [2.05, 4.69) is 28.9 Å². The van der Waals surface area contributed by atoms with Gasteiger partial charge in [0.2, 0.25) is 0 Å². The summed E-state index contributed by atoms with van der Waals surface area (Å²) >= 11 is 9.27. The van der Waals surface area contributed by atoms with E-state index in [0.29, 0.717) is 5.02 Å². The number of rotatable bonds is 3. The fraction of sp³-hybridized carbons (Fsp3) is 0.143. The van der Waals surface area contributed by atoms with Crippen LogP contribution in [0.5, 0.6) is 11.5 Å². The molecular formula is C14H12BrClO. The summed E-state index contributed by atoms with van der Waals surface area (Å²) in [5, 5.41) is 1.57. The molecule has 0 aromatic heterocycles. The standard InChI is InChI=1S/C14H12BrClO/c1-10-8-14(5-2-11(10)9-15)17-13-6-3-12(16)4-7-13/h2-8H,9H2,1H3. The second kappa shape index (κ2) is 5.56. The Kier molecular flexibility index (Phi) is 4.08. The molecule has 17 heavy (non-hydrogen) atoms. The molecule has 0 radical (unpaired) electrons. The van der Waals surface area contributed by atoms with Crippen molar-refractivity contribution in [2.24, 2.45) is 0 Å². The van der Waals surface area contributed by atoms with E-state index in [9.17, 15) is 0 Å². The van der Waals surface area contributed by atoms with Gasteiger partial charge in [-0.05, 0) is 54.4 Å². The predicted octanol–water partition coefficient (Wildman–Crippen LogP) is 5.34. The molecule has 0 aliphatic heterocycles. The number of ether oxygens (including phenoxy) is 1. The second-order valence-corrected chi connectivity index (χ2v) is 4.78. The SMILES string of the molecule is Cc1cc(Oc2ccc(Cl)cc2)ccc1CBr. The zero-order chi connectivity index (χ0) is 12.3. The van der Waals surface area contributed by atoms with Gasteiger partial charge in [-0.3, -0.25) is 0 Å². The molecule has 0 atom stereocenters.